The fourth-order valence-electron chi connectivity index (χ4n) is 0.978. The summed E-state index contributed by atoms with van der Waals surface area (Å²) in [5.41, 5.74) is 1.83. The summed E-state index contributed by atoms with van der Waals surface area (Å²) in [7, 11) is 0. The van der Waals surface area contributed by atoms with Crippen LogP contribution < -0.4 is 5.32 Å². The van der Waals surface area contributed by atoms with Gasteiger partial charge in [-0.15, -0.1) is 0 Å². The normalized spacial score (nSPS) is 9.93. The average Bonchev–Trinajstić information content (AvgIpc) is 2.16. The van der Waals surface area contributed by atoms with Crippen LogP contribution in [0.15, 0.2) is 30.4 Å². The zero-order valence-corrected chi connectivity index (χ0v) is 8.87. The first-order valence-corrected chi connectivity index (χ1v) is 4.87. The minimum Gasteiger partial charge on any atom is -0.380 e. The molecule has 0 radical (unpaired) electrons. The van der Waals surface area contributed by atoms with Crippen LogP contribution in [0.1, 0.15) is 13.3 Å². The summed E-state index contributed by atoms with van der Waals surface area (Å²) in [4.78, 5) is 0. The lowest BCUT2D eigenvalue weighted by Gasteiger charge is -2.08. The minimum absolute atomic E-state index is 0.324. The van der Waals surface area contributed by atoms with Gasteiger partial charge in [0.25, 0.3) is 0 Å². The van der Waals surface area contributed by atoms with Crippen molar-refractivity contribution in [2.45, 2.75) is 13.3 Å². The Morgan fingerprint density at radius 2 is 2.29 bits per heavy atom. The molecule has 1 aromatic rings. The SMILES string of the molecule is C=C(CC)CNc1ccc(F)cc1Cl. The maximum atomic E-state index is 12.7. The van der Waals surface area contributed by atoms with Crippen LogP contribution in [-0.2, 0) is 0 Å². The molecular formula is C11H13ClFN. The van der Waals surface area contributed by atoms with Crippen LogP contribution in [0.3, 0.4) is 0 Å². The summed E-state index contributed by atoms with van der Waals surface area (Å²) in [6.45, 7) is 6.56. The number of anilines is 1. The highest BCUT2D eigenvalue weighted by Gasteiger charge is 2.00. The molecule has 3 heteroatoms. The number of nitrogens with one attached hydrogen (secondary N) is 1. The topological polar surface area (TPSA) is 12.0 Å². The second-order valence-corrected chi connectivity index (χ2v) is 3.49. The van der Waals surface area contributed by atoms with E-state index >= 15 is 0 Å². The van der Waals surface area contributed by atoms with E-state index in [1.165, 1.54) is 12.1 Å². The molecule has 0 fully saturated rings. The number of halogens is 2. The predicted molar refractivity (Wildman–Crippen MR) is 59.3 cm³/mol. The standard InChI is InChI=1S/C11H13ClFN/c1-3-8(2)7-14-11-5-4-9(13)6-10(11)12/h4-6,14H,2-3,7H2,1H3. The maximum Gasteiger partial charge on any atom is 0.124 e. The minimum atomic E-state index is -0.324. The van der Waals surface area contributed by atoms with Gasteiger partial charge in [-0.3, -0.25) is 0 Å². The van der Waals surface area contributed by atoms with Gasteiger partial charge in [0.15, 0.2) is 0 Å². The first kappa shape index (κ1) is 11.1. The highest BCUT2D eigenvalue weighted by Crippen LogP contribution is 2.22. The zero-order valence-electron chi connectivity index (χ0n) is 8.11. The van der Waals surface area contributed by atoms with Crippen LogP contribution in [0.2, 0.25) is 5.02 Å². The first-order chi connectivity index (χ1) is 6.63. The summed E-state index contributed by atoms with van der Waals surface area (Å²) in [6, 6.07) is 4.29. The van der Waals surface area contributed by atoms with Gasteiger partial charge in [-0.25, -0.2) is 4.39 Å². The van der Waals surface area contributed by atoms with Gasteiger partial charge < -0.3 is 5.32 Å². The predicted octanol–water partition coefficient (Wildman–Crippen LogP) is 3.86. The van der Waals surface area contributed by atoms with Gasteiger partial charge in [0.1, 0.15) is 5.82 Å². The molecule has 0 heterocycles. The van der Waals surface area contributed by atoms with Crippen LogP contribution in [0.5, 0.6) is 0 Å². The van der Waals surface area contributed by atoms with E-state index in [1.807, 2.05) is 6.92 Å². The van der Waals surface area contributed by atoms with Gasteiger partial charge in [-0.05, 0) is 24.6 Å². The largest absolute Gasteiger partial charge is 0.380 e. The summed E-state index contributed by atoms with van der Waals surface area (Å²) >= 11 is 5.82. The third-order valence-electron chi connectivity index (χ3n) is 1.96. The third kappa shape index (κ3) is 3.04. The van der Waals surface area contributed by atoms with E-state index in [9.17, 15) is 4.39 Å². The Labute approximate surface area is 88.6 Å². The van der Waals surface area contributed by atoms with Crippen LogP contribution in [0, 0.1) is 5.82 Å². The highest BCUT2D eigenvalue weighted by molar-refractivity contribution is 6.33. The summed E-state index contributed by atoms with van der Waals surface area (Å²) in [5.74, 6) is -0.324. The first-order valence-electron chi connectivity index (χ1n) is 4.49. The Morgan fingerprint density at radius 1 is 1.57 bits per heavy atom. The van der Waals surface area contributed by atoms with E-state index in [2.05, 4.69) is 11.9 Å². The average molecular weight is 214 g/mol. The Balaban J connectivity index is 2.63. The van der Waals surface area contributed by atoms with Crippen molar-refractivity contribution in [1.82, 2.24) is 0 Å². The Bertz CT molecular complexity index is 336. The molecule has 1 N–H and O–H groups in total. The van der Waals surface area contributed by atoms with Crippen molar-refractivity contribution in [1.29, 1.82) is 0 Å². The molecule has 0 spiro atoms. The Morgan fingerprint density at radius 3 is 2.86 bits per heavy atom. The van der Waals surface area contributed by atoms with Crippen molar-refractivity contribution in [2.24, 2.45) is 0 Å². The van der Waals surface area contributed by atoms with Crippen molar-refractivity contribution in [2.75, 3.05) is 11.9 Å². The van der Waals surface area contributed by atoms with E-state index in [0.29, 0.717) is 11.6 Å². The number of hydrogen-bond acceptors (Lipinski definition) is 1. The second kappa shape index (κ2) is 5.01. The molecule has 0 aliphatic rings. The molecule has 0 aliphatic carbocycles. The molecule has 14 heavy (non-hydrogen) atoms. The molecule has 1 rings (SSSR count). The van der Waals surface area contributed by atoms with E-state index in [0.717, 1.165) is 17.7 Å². The van der Waals surface area contributed by atoms with Crippen LogP contribution >= 0.6 is 11.6 Å². The monoisotopic (exact) mass is 213 g/mol. The van der Waals surface area contributed by atoms with Gasteiger partial charge >= 0.3 is 0 Å². The van der Waals surface area contributed by atoms with Gasteiger partial charge in [0.2, 0.25) is 0 Å². The Hall–Kier alpha value is -1.02. The quantitative estimate of drug-likeness (QED) is 0.749. The van der Waals surface area contributed by atoms with Crippen molar-refractivity contribution >= 4 is 17.3 Å². The van der Waals surface area contributed by atoms with Crippen molar-refractivity contribution in [3.8, 4) is 0 Å². The molecular weight excluding hydrogens is 201 g/mol. The molecule has 1 aromatic carbocycles. The fraction of sp³-hybridized carbons (Fsp3) is 0.273. The van der Waals surface area contributed by atoms with Crippen molar-refractivity contribution < 1.29 is 4.39 Å². The van der Waals surface area contributed by atoms with Gasteiger partial charge in [-0.1, -0.05) is 30.7 Å². The van der Waals surface area contributed by atoms with E-state index < -0.39 is 0 Å². The zero-order chi connectivity index (χ0) is 10.6. The van der Waals surface area contributed by atoms with E-state index in [-0.39, 0.29) is 5.82 Å². The van der Waals surface area contributed by atoms with Crippen LogP contribution in [0.4, 0.5) is 10.1 Å². The molecule has 0 bridgehead atoms. The van der Waals surface area contributed by atoms with Crippen LogP contribution in [-0.4, -0.2) is 6.54 Å². The van der Waals surface area contributed by atoms with Crippen molar-refractivity contribution in [3.63, 3.8) is 0 Å². The molecule has 0 aliphatic heterocycles. The molecule has 0 aromatic heterocycles. The number of hydrogen-bond donors (Lipinski definition) is 1. The molecule has 0 saturated heterocycles. The molecule has 1 nitrogen and oxygen atoms in total. The summed E-state index contributed by atoms with van der Waals surface area (Å²) < 4.78 is 12.7. The lowest BCUT2D eigenvalue weighted by Crippen LogP contribution is -2.03. The Kier molecular flexibility index (Phi) is 3.96. The third-order valence-corrected chi connectivity index (χ3v) is 2.27. The molecule has 0 amide bonds. The molecule has 0 saturated carbocycles. The number of benzene rings is 1. The smallest absolute Gasteiger partial charge is 0.124 e. The van der Waals surface area contributed by atoms with Gasteiger partial charge in [0.05, 0.1) is 10.7 Å². The van der Waals surface area contributed by atoms with Gasteiger partial charge in [0, 0.05) is 6.54 Å². The molecule has 76 valence electrons. The maximum absolute atomic E-state index is 12.7. The summed E-state index contributed by atoms with van der Waals surface area (Å²) in [5, 5.41) is 3.49. The fourth-order valence-corrected chi connectivity index (χ4v) is 1.21. The lowest BCUT2D eigenvalue weighted by atomic mass is 10.2. The second-order valence-electron chi connectivity index (χ2n) is 3.08. The lowest BCUT2D eigenvalue weighted by molar-refractivity contribution is 0.628. The highest BCUT2D eigenvalue weighted by atomic mass is 35.5. The number of rotatable bonds is 4. The van der Waals surface area contributed by atoms with E-state index in [1.54, 1.807) is 6.07 Å². The molecule has 0 unspecified atom stereocenters. The molecule has 0 atom stereocenters. The van der Waals surface area contributed by atoms with Crippen molar-refractivity contribution in [3.05, 3.63) is 41.2 Å². The van der Waals surface area contributed by atoms with Gasteiger partial charge in [-0.2, -0.15) is 0 Å². The summed E-state index contributed by atoms with van der Waals surface area (Å²) in [6.07, 6.45) is 0.922. The van der Waals surface area contributed by atoms with Crippen LogP contribution in [0.25, 0.3) is 0 Å². The van der Waals surface area contributed by atoms with E-state index in [4.69, 9.17) is 11.6 Å².